The van der Waals surface area contributed by atoms with Crippen LogP contribution in [0.4, 0.5) is 5.69 Å². The molecule has 0 saturated heterocycles. The number of ether oxygens (including phenoxy) is 3. The van der Waals surface area contributed by atoms with Crippen LogP contribution in [0.5, 0.6) is 17.2 Å². The molecule has 0 atom stereocenters. The Morgan fingerprint density at radius 1 is 1.07 bits per heavy atom. The van der Waals surface area contributed by atoms with E-state index < -0.39 is 10.0 Å². The molecular formula is C19H15NO5S2. The SMILES string of the molecule is COc1ccc(S(=O)(=O)N2Cc3cc4c(cc3-c3sccc32)OCO4)cc1. The minimum Gasteiger partial charge on any atom is -0.497 e. The molecule has 0 spiro atoms. The van der Waals surface area contributed by atoms with E-state index in [0.717, 1.165) is 16.0 Å². The first-order valence-electron chi connectivity index (χ1n) is 8.25. The number of thiophene rings is 1. The number of hydrogen-bond acceptors (Lipinski definition) is 6. The smallest absolute Gasteiger partial charge is 0.264 e. The summed E-state index contributed by atoms with van der Waals surface area (Å²) < 4.78 is 44.2. The average molecular weight is 401 g/mol. The van der Waals surface area contributed by atoms with Crippen molar-refractivity contribution in [3.8, 4) is 27.7 Å². The molecule has 6 nitrogen and oxygen atoms in total. The minimum atomic E-state index is -3.71. The van der Waals surface area contributed by atoms with E-state index in [0.29, 0.717) is 22.9 Å². The molecule has 3 aromatic rings. The van der Waals surface area contributed by atoms with Crippen LogP contribution in [0.15, 0.2) is 52.7 Å². The average Bonchev–Trinajstić information content (AvgIpc) is 3.34. The van der Waals surface area contributed by atoms with Crippen LogP contribution in [-0.4, -0.2) is 22.3 Å². The van der Waals surface area contributed by atoms with Crippen molar-refractivity contribution in [3.05, 3.63) is 53.4 Å². The maximum atomic E-state index is 13.3. The second-order valence-electron chi connectivity index (χ2n) is 6.18. The lowest BCUT2D eigenvalue weighted by Gasteiger charge is -2.30. The summed E-state index contributed by atoms with van der Waals surface area (Å²) in [4.78, 5) is 1.14. The van der Waals surface area contributed by atoms with Gasteiger partial charge in [-0.2, -0.15) is 0 Å². The van der Waals surface area contributed by atoms with Crippen molar-refractivity contribution in [3.63, 3.8) is 0 Å². The van der Waals surface area contributed by atoms with Crippen molar-refractivity contribution in [1.82, 2.24) is 0 Å². The highest BCUT2D eigenvalue weighted by molar-refractivity contribution is 7.92. The van der Waals surface area contributed by atoms with E-state index >= 15 is 0 Å². The van der Waals surface area contributed by atoms with Gasteiger partial charge in [0.2, 0.25) is 6.79 Å². The quantitative estimate of drug-likeness (QED) is 0.667. The van der Waals surface area contributed by atoms with E-state index in [1.54, 1.807) is 31.4 Å². The Balaban J connectivity index is 1.62. The molecule has 0 fully saturated rings. The maximum Gasteiger partial charge on any atom is 0.264 e. The number of benzene rings is 2. The van der Waals surface area contributed by atoms with Crippen molar-refractivity contribution < 1.29 is 22.6 Å². The van der Waals surface area contributed by atoms with Gasteiger partial charge in [0.15, 0.2) is 11.5 Å². The molecular weight excluding hydrogens is 386 g/mol. The Morgan fingerprint density at radius 2 is 1.81 bits per heavy atom. The Bertz CT molecular complexity index is 1140. The summed E-state index contributed by atoms with van der Waals surface area (Å²) in [6.45, 7) is 0.424. The van der Waals surface area contributed by atoms with Gasteiger partial charge in [0.1, 0.15) is 5.75 Å². The van der Waals surface area contributed by atoms with Crippen molar-refractivity contribution in [2.75, 3.05) is 18.2 Å². The third-order valence-corrected chi connectivity index (χ3v) is 7.43. The summed E-state index contributed by atoms with van der Waals surface area (Å²) in [5, 5.41) is 1.90. The highest BCUT2D eigenvalue weighted by Crippen LogP contribution is 2.48. The van der Waals surface area contributed by atoms with Gasteiger partial charge in [0.25, 0.3) is 10.0 Å². The lowest BCUT2D eigenvalue weighted by Crippen LogP contribution is -2.32. The van der Waals surface area contributed by atoms with Gasteiger partial charge in [-0.1, -0.05) is 0 Å². The molecule has 0 radical (unpaired) electrons. The summed E-state index contributed by atoms with van der Waals surface area (Å²) in [6.07, 6.45) is 0. The third kappa shape index (κ3) is 2.48. The summed E-state index contributed by atoms with van der Waals surface area (Å²) >= 11 is 1.51. The molecule has 27 heavy (non-hydrogen) atoms. The van der Waals surface area contributed by atoms with Gasteiger partial charge in [0, 0.05) is 5.56 Å². The summed E-state index contributed by atoms with van der Waals surface area (Å²) in [5.74, 6) is 1.96. The number of fused-ring (bicyclic) bond motifs is 4. The highest BCUT2D eigenvalue weighted by Gasteiger charge is 2.34. The van der Waals surface area contributed by atoms with Crippen LogP contribution in [0.3, 0.4) is 0 Å². The first-order valence-corrected chi connectivity index (χ1v) is 10.6. The zero-order valence-electron chi connectivity index (χ0n) is 14.3. The fraction of sp³-hybridized carbons (Fsp3) is 0.158. The van der Waals surface area contributed by atoms with Gasteiger partial charge in [-0.3, -0.25) is 4.31 Å². The Kier molecular flexibility index (Phi) is 3.60. The van der Waals surface area contributed by atoms with Crippen LogP contribution in [0, 0.1) is 0 Å². The lowest BCUT2D eigenvalue weighted by atomic mass is 10.0. The number of nitrogens with zero attached hydrogens (tertiary/aromatic N) is 1. The standard InChI is InChI=1S/C19H15NO5S2/c1-23-13-2-4-14(5-3-13)27(21,22)20-10-12-8-17-18(25-11-24-17)9-15(12)19-16(20)6-7-26-19/h2-9H,10-11H2,1H3. The van der Waals surface area contributed by atoms with Crippen LogP contribution in [0.1, 0.15) is 5.56 Å². The van der Waals surface area contributed by atoms with E-state index in [2.05, 4.69) is 0 Å². The predicted molar refractivity (Wildman–Crippen MR) is 102 cm³/mol. The van der Waals surface area contributed by atoms with Gasteiger partial charge >= 0.3 is 0 Å². The highest BCUT2D eigenvalue weighted by atomic mass is 32.2. The number of sulfonamides is 1. The van der Waals surface area contributed by atoms with E-state index in [9.17, 15) is 8.42 Å². The molecule has 1 aromatic heterocycles. The molecule has 138 valence electrons. The Morgan fingerprint density at radius 3 is 2.56 bits per heavy atom. The molecule has 2 aromatic carbocycles. The maximum absolute atomic E-state index is 13.3. The zero-order valence-corrected chi connectivity index (χ0v) is 16.0. The summed E-state index contributed by atoms with van der Waals surface area (Å²) in [7, 11) is -2.17. The van der Waals surface area contributed by atoms with Gasteiger partial charge in [0.05, 0.1) is 29.1 Å². The molecule has 0 amide bonds. The first kappa shape index (κ1) is 16.5. The Hall–Kier alpha value is -2.71. The van der Waals surface area contributed by atoms with Crippen LogP contribution in [0.25, 0.3) is 10.4 Å². The van der Waals surface area contributed by atoms with Gasteiger partial charge in [-0.25, -0.2) is 8.42 Å². The summed E-state index contributed by atoms with van der Waals surface area (Å²) in [5.41, 5.74) is 2.57. The second-order valence-corrected chi connectivity index (χ2v) is 8.96. The molecule has 0 aliphatic carbocycles. The van der Waals surface area contributed by atoms with Crippen molar-refractivity contribution in [2.45, 2.75) is 11.4 Å². The molecule has 0 N–H and O–H groups in total. The largest absolute Gasteiger partial charge is 0.497 e. The molecule has 2 aliphatic rings. The van der Waals surface area contributed by atoms with E-state index in [1.807, 2.05) is 23.6 Å². The van der Waals surface area contributed by atoms with Crippen LogP contribution in [0.2, 0.25) is 0 Å². The molecule has 0 bridgehead atoms. The van der Waals surface area contributed by atoms with E-state index in [1.165, 1.54) is 15.6 Å². The Labute approximate surface area is 160 Å². The molecule has 0 unspecified atom stereocenters. The second kappa shape index (κ2) is 5.90. The normalized spacial score (nSPS) is 14.6. The lowest BCUT2D eigenvalue weighted by molar-refractivity contribution is 0.174. The fourth-order valence-corrected chi connectivity index (χ4v) is 5.82. The van der Waals surface area contributed by atoms with E-state index in [4.69, 9.17) is 14.2 Å². The molecule has 5 rings (SSSR count). The monoisotopic (exact) mass is 401 g/mol. The molecule has 3 heterocycles. The predicted octanol–water partition coefficient (Wildman–Crippen LogP) is 3.86. The van der Waals surface area contributed by atoms with Crippen molar-refractivity contribution >= 4 is 27.0 Å². The zero-order chi connectivity index (χ0) is 18.6. The number of hydrogen-bond donors (Lipinski definition) is 0. The van der Waals surface area contributed by atoms with Crippen LogP contribution >= 0.6 is 11.3 Å². The summed E-state index contributed by atoms with van der Waals surface area (Å²) in [6, 6.07) is 12.1. The van der Waals surface area contributed by atoms with E-state index in [-0.39, 0.29) is 18.2 Å². The van der Waals surface area contributed by atoms with Crippen LogP contribution in [-0.2, 0) is 16.6 Å². The van der Waals surface area contributed by atoms with Gasteiger partial charge in [-0.05, 0) is 53.4 Å². The number of methoxy groups -OCH3 is 1. The van der Waals surface area contributed by atoms with Crippen LogP contribution < -0.4 is 18.5 Å². The molecule has 8 heteroatoms. The van der Waals surface area contributed by atoms with Gasteiger partial charge in [-0.15, -0.1) is 11.3 Å². The third-order valence-electron chi connectivity index (χ3n) is 4.72. The first-order chi connectivity index (χ1) is 13.1. The molecule has 0 saturated carbocycles. The molecule has 2 aliphatic heterocycles. The topological polar surface area (TPSA) is 65.1 Å². The number of rotatable bonds is 3. The minimum absolute atomic E-state index is 0.184. The van der Waals surface area contributed by atoms with Crippen molar-refractivity contribution in [2.24, 2.45) is 0 Å². The number of anilines is 1. The van der Waals surface area contributed by atoms with Gasteiger partial charge < -0.3 is 14.2 Å². The van der Waals surface area contributed by atoms with Crippen molar-refractivity contribution in [1.29, 1.82) is 0 Å². The fourth-order valence-electron chi connectivity index (χ4n) is 3.36.